The van der Waals surface area contributed by atoms with Crippen LogP contribution in [0.3, 0.4) is 0 Å². The van der Waals surface area contributed by atoms with Gasteiger partial charge in [-0.3, -0.25) is 0 Å². The Kier molecular flexibility index (Phi) is 3.40. The zero-order valence-corrected chi connectivity index (χ0v) is 11.2. The van der Waals surface area contributed by atoms with Crippen molar-refractivity contribution in [2.24, 2.45) is 0 Å². The van der Waals surface area contributed by atoms with Gasteiger partial charge < -0.3 is 14.5 Å². The Balaban J connectivity index is 1.88. The summed E-state index contributed by atoms with van der Waals surface area (Å²) in [5.41, 5.74) is 2.28. The summed E-state index contributed by atoms with van der Waals surface area (Å²) in [6.45, 7) is 2.75. The summed E-state index contributed by atoms with van der Waals surface area (Å²) in [7, 11) is 0. The lowest BCUT2D eigenvalue weighted by atomic mass is 10.1. The van der Waals surface area contributed by atoms with Crippen LogP contribution in [0.1, 0.15) is 24.1 Å². The summed E-state index contributed by atoms with van der Waals surface area (Å²) in [5.74, 6) is 0.831. The zero-order chi connectivity index (χ0) is 13.9. The van der Waals surface area contributed by atoms with Gasteiger partial charge in [-0.2, -0.15) is 10.2 Å². The van der Waals surface area contributed by atoms with Crippen LogP contribution in [0.2, 0.25) is 0 Å². The quantitative estimate of drug-likeness (QED) is 0.927. The van der Waals surface area contributed by atoms with Gasteiger partial charge in [0.05, 0.1) is 0 Å². The van der Waals surface area contributed by atoms with E-state index in [1.807, 2.05) is 37.3 Å². The van der Waals surface area contributed by atoms with Crippen molar-refractivity contribution in [3.8, 4) is 17.5 Å². The minimum atomic E-state index is -0.0964. The van der Waals surface area contributed by atoms with Crippen LogP contribution in [-0.2, 0) is 4.74 Å². The Hall–Kier alpha value is -2.32. The molecule has 1 saturated heterocycles. The molecule has 102 valence electrons. The highest BCUT2D eigenvalue weighted by atomic mass is 16.5. The van der Waals surface area contributed by atoms with Gasteiger partial charge in [-0.05, 0) is 31.9 Å². The van der Waals surface area contributed by atoms with Crippen molar-refractivity contribution in [1.29, 1.82) is 5.26 Å². The zero-order valence-electron chi connectivity index (χ0n) is 11.2. The van der Waals surface area contributed by atoms with E-state index in [1.54, 1.807) is 0 Å². The molecule has 20 heavy (non-hydrogen) atoms. The number of hydrogen-bond acceptors (Lipinski definition) is 5. The number of nitrogens with zero attached hydrogens (tertiary/aromatic N) is 2. The topological polar surface area (TPSA) is 71.1 Å². The number of rotatable bonds is 3. The van der Waals surface area contributed by atoms with Crippen LogP contribution >= 0.6 is 0 Å². The third-order valence-electron chi connectivity index (χ3n) is 3.25. The fraction of sp³-hybridized carbons (Fsp3) is 0.333. The molecule has 1 atom stereocenters. The minimum Gasteiger partial charge on any atom is -0.419 e. The predicted molar refractivity (Wildman–Crippen MR) is 74.0 cm³/mol. The predicted octanol–water partition coefficient (Wildman–Crippen LogP) is 3.07. The van der Waals surface area contributed by atoms with Crippen LogP contribution in [0.15, 0.2) is 28.7 Å². The van der Waals surface area contributed by atoms with Crippen molar-refractivity contribution >= 4 is 5.88 Å². The second-order valence-corrected chi connectivity index (χ2v) is 4.82. The van der Waals surface area contributed by atoms with Crippen molar-refractivity contribution in [3.05, 3.63) is 35.5 Å². The molecule has 1 aliphatic rings. The van der Waals surface area contributed by atoms with Crippen LogP contribution in [0, 0.1) is 18.3 Å². The molecule has 1 aromatic heterocycles. The number of benzene rings is 1. The lowest BCUT2D eigenvalue weighted by Gasteiger charge is -2.09. The molecule has 2 aromatic rings. The van der Waals surface area contributed by atoms with Gasteiger partial charge in [-0.1, -0.05) is 17.7 Å². The average Bonchev–Trinajstić information content (AvgIpc) is 3.10. The molecular formula is C15H15N3O2. The van der Waals surface area contributed by atoms with Crippen LogP contribution in [0.25, 0.3) is 11.5 Å². The summed E-state index contributed by atoms with van der Waals surface area (Å²) in [6, 6.07) is 9.88. The highest BCUT2D eigenvalue weighted by Gasteiger charge is 2.21. The summed E-state index contributed by atoms with van der Waals surface area (Å²) < 4.78 is 11.1. The minimum absolute atomic E-state index is 0.0964. The van der Waals surface area contributed by atoms with Crippen molar-refractivity contribution in [2.45, 2.75) is 26.0 Å². The highest BCUT2D eigenvalue weighted by molar-refractivity contribution is 5.59. The Morgan fingerprint density at radius 3 is 2.80 bits per heavy atom. The van der Waals surface area contributed by atoms with E-state index in [0.29, 0.717) is 11.8 Å². The van der Waals surface area contributed by atoms with E-state index in [9.17, 15) is 0 Å². The van der Waals surface area contributed by atoms with E-state index in [-0.39, 0.29) is 11.9 Å². The van der Waals surface area contributed by atoms with E-state index in [4.69, 9.17) is 14.4 Å². The number of aryl methyl sites for hydroxylation is 1. The molecule has 0 spiro atoms. The van der Waals surface area contributed by atoms with Gasteiger partial charge in [-0.25, -0.2) is 0 Å². The van der Waals surface area contributed by atoms with E-state index in [1.165, 1.54) is 5.56 Å². The highest BCUT2D eigenvalue weighted by Crippen LogP contribution is 2.27. The van der Waals surface area contributed by atoms with Gasteiger partial charge in [0.1, 0.15) is 12.3 Å². The number of aromatic nitrogens is 1. The molecule has 3 rings (SSSR count). The summed E-state index contributed by atoms with van der Waals surface area (Å²) in [6.07, 6.45) is 1.82. The molecule has 1 aliphatic heterocycles. The van der Waals surface area contributed by atoms with E-state index in [2.05, 4.69) is 10.3 Å². The molecule has 1 N–H and O–H groups in total. The molecule has 0 aliphatic carbocycles. The monoisotopic (exact) mass is 269 g/mol. The Bertz CT molecular complexity index is 634. The van der Waals surface area contributed by atoms with Gasteiger partial charge in [-0.15, -0.1) is 0 Å². The second kappa shape index (κ2) is 5.35. The third kappa shape index (κ3) is 2.51. The first-order valence-electron chi connectivity index (χ1n) is 6.62. The van der Waals surface area contributed by atoms with Gasteiger partial charge >= 0.3 is 0 Å². The number of ether oxygens (including phenoxy) is 1. The van der Waals surface area contributed by atoms with E-state index >= 15 is 0 Å². The molecule has 1 aromatic carbocycles. The van der Waals surface area contributed by atoms with Crippen molar-refractivity contribution in [2.75, 3.05) is 11.9 Å². The van der Waals surface area contributed by atoms with Gasteiger partial charge in [0.2, 0.25) is 17.5 Å². The van der Waals surface area contributed by atoms with Gasteiger partial charge in [0.25, 0.3) is 0 Å². The summed E-state index contributed by atoms with van der Waals surface area (Å²) in [4.78, 5) is 4.22. The number of nitrogens with one attached hydrogen (secondary N) is 1. The summed E-state index contributed by atoms with van der Waals surface area (Å²) in [5, 5.41) is 12.2. The number of nitriles is 1. The van der Waals surface area contributed by atoms with Crippen LogP contribution in [-0.4, -0.2) is 17.8 Å². The lowest BCUT2D eigenvalue weighted by molar-refractivity contribution is 0.130. The fourth-order valence-corrected chi connectivity index (χ4v) is 2.15. The van der Waals surface area contributed by atoms with Crippen LogP contribution in [0.4, 0.5) is 5.88 Å². The van der Waals surface area contributed by atoms with Crippen LogP contribution < -0.4 is 5.32 Å². The SMILES string of the molecule is Cc1ccc(-c2nc(C#N)c(NC3CCCO3)o2)cc1. The van der Waals surface area contributed by atoms with Gasteiger partial charge in [0.15, 0.2) is 0 Å². The molecule has 0 bridgehead atoms. The van der Waals surface area contributed by atoms with E-state index in [0.717, 1.165) is 25.0 Å². The average molecular weight is 269 g/mol. The van der Waals surface area contributed by atoms with E-state index < -0.39 is 0 Å². The van der Waals surface area contributed by atoms with Crippen molar-refractivity contribution in [3.63, 3.8) is 0 Å². The Morgan fingerprint density at radius 1 is 1.35 bits per heavy atom. The standard InChI is InChI=1S/C15H15N3O2/c1-10-4-6-11(7-5-10)14-17-12(9-16)15(20-14)18-13-3-2-8-19-13/h4-7,13,18H,2-3,8H2,1H3. The molecule has 1 fully saturated rings. The lowest BCUT2D eigenvalue weighted by Crippen LogP contribution is -2.17. The molecule has 0 saturated carbocycles. The first kappa shape index (κ1) is 12.7. The maximum atomic E-state index is 9.14. The number of hydrogen-bond donors (Lipinski definition) is 1. The second-order valence-electron chi connectivity index (χ2n) is 4.82. The first-order chi connectivity index (χ1) is 9.76. The molecule has 1 unspecified atom stereocenters. The van der Waals surface area contributed by atoms with Crippen molar-refractivity contribution in [1.82, 2.24) is 4.98 Å². The van der Waals surface area contributed by atoms with Crippen LogP contribution in [0.5, 0.6) is 0 Å². The third-order valence-corrected chi connectivity index (χ3v) is 3.25. The van der Waals surface area contributed by atoms with Crippen molar-refractivity contribution < 1.29 is 9.15 Å². The maximum absolute atomic E-state index is 9.14. The molecule has 0 radical (unpaired) electrons. The molecule has 5 heteroatoms. The molecule has 0 amide bonds. The number of anilines is 1. The summed E-state index contributed by atoms with van der Waals surface area (Å²) >= 11 is 0. The Morgan fingerprint density at radius 2 is 2.15 bits per heavy atom. The largest absolute Gasteiger partial charge is 0.419 e. The smallest absolute Gasteiger partial charge is 0.234 e. The van der Waals surface area contributed by atoms with Gasteiger partial charge in [0, 0.05) is 12.2 Å². The molecular weight excluding hydrogens is 254 g/mol. The first-order valence-corrected chi connectivity index (χ1v) is 6.62. The number of oxazole rings is 1. The maximum Gasteiger partial charge on any atom is 0.234 e. The fourth-order valence-electron chi connectivity index (χ4n) is 2.15. The molecule has 2 heterocycles. The molecule has 5 nitrogen and oxygen atoms in total. The normalized spacial score (nSPS) is 17.9. The Labute approximate surface area is 117 Å².